The van der Waals surface area contributed by atoms with E-state index in [2.05, 4.69) is 24.2 Å². The van der Waals surface area contributed by atoms with Crippen LogP contribution in [0.2, 0.25) is 0 Å². The van der Waals surface area contributed by atoms with Crippen LogP contribution in [0.25, 0.3) is 0 Å². The largest absolute Gasteiger partial charge is 0.489 e. The van der Waals surface area contributed by atoms with Crippen molar-refractivity contribution >= 4 is 0 Å². The number of rotatable bonds is 6. The minimum Gasteiger partial charge on any atom is -0.489 e. The third-order valence-electron chi connectivity index (χ3n) is 4.51. The lowest BCUT2D eigenvalue weighted by molar-refractivity contribution is 0.225. The van der Waals surface area contributed by atoms with Gasteiger partial charge in [-0.1, -0.05) is 30.3 Å². The molecule has 4 heteroatoms. The molecule has 3 rings (SSSR count). The van der Waals surface area contributed by atoms with E-state index in [1.54, 1.807) is 0 Å². The first-order chi connectivity index (χ1) is 10.2. The van der Waals surface area contributed by atoms with E-state index in [9.17, 15) is 5.11 Å². The molecule has 0 amide bonds. The van der Waals surface area contributed by atoms with Crippen LogP contribution in [0.1, 0.15) is 24.6 Å². The summed E-state index contributed by atoms with van der Waals surface area (Å²) in [6, 6.07) is 10.4. The van der Waals surface area contributed by atoms with E-state index in [0.717, 1.165) is 24.4 Å². The van der Waals surface area contributed by atoms with E-state index in [4.69, 9.17) is 4.74 Å². The van der Waals surface area contributed by atoms with E-state index in [-0.39, 0.29) is 12.0 Å². The van der Waals surface area contributed by atoms with Gasteiger partial charge in [0.15, 0.2) is 5.75 Å². The first-order valence-electron chi connectivity index (χ1n) is 7.53. The number of ether oxygens (including phenoxy) is 1. The monoisotopic (exact) mass is 286 g/mol. The maximum atomic E-state index is 9.52. The van der Waals surface area contributed by atoms with Gasteiger partial charge in [-0.2, -0.15) is 5.10 Å². The predicted octanol–water partition coefficient (Wildman–Crippen LogP) is 2.54. The smallest absolute Gasteiger partial charge is 0.160 e. The van der Waals surface area contributed by atoms with Crippen LogP contribution >= 0.6 is 0 Å². The number of aryl methyl sites for hydroxylation is 2. The maximum absolute atomic E-state index is 9.52. The molecule has 0 unspecified atom stereocenters. The van der Waals surface area contributed by atoms with Gasteiger partial charge in [0.1, 0.15) is 5.69 Å². The van der Waals surface area contributed by atoms with Gasteiger partial charge < -0.3 is 9.84 Å². The Kier molecular flexibility index (Phi) is 3.72. The second-order valence-electron chi connectivity index (χ2n) is 5.83. The molecule has 1 fully saturated rings. The van der Waals surface area contributed by atoms with Gasteiger partial charge in [0, 0.05) is 18.6 Å². The molecule has 1 aromatic heterocycles. The van der Waals surface area contributed by atoms with Crippen LogP contribution < -0.4 is 4.74 Å². The van der Waals surface area contributed by atoms with Gasteiger partial charge in [-0.05, 0) is 31.7 Å². The number of aliphatic hydroxyl groups is 1. The quantitative estimate of drug-likeness (QED) is 0.887. The van der Waals surface area contributed by atoms with E-state index in [1.807, 2.05) is 36.0 Å². The average molecular weight is 286 g/mol. The fraction of sp³-hybridized carbons (Fsp3) is 0.471. The van der Waals surface area contributed by atoms with Crippen LogP contribution in [-0.4, -0.2) is 28.1 Å². The molecule has 0 spiro atoms. The van der Waals surface area contributed by atoms with E-state index < -0.39 is 0 Å². The highest BCUT2D eigenvalue weighted by molar-refractivity contribution is 5.35. The zero-order valence-corrected chi connectivity index (χ0v) is 12.6. The van der Waals surface area contributed by atoms with Crippen molar-refractivity contribution in [2.45, 2.75) is 32.2 Å². The van der Waals surface area contributed by atoms with E-state index in [0.29, 0.717) is 12.5 Å². The summed E-state index contributed by atoms with van der Waals surface area (Å²) in [5.41, 5.74) is 2.13. The Morgan fingerprint density at radius 2 is 2.14 bits per heavy atom. The number of hydrogen-bond donors (Lipinski definition) is 1. The molecule has 1 aliphatic rings. The minimum absolute atomic E-state index is 0.0449. The molecule has 1 heterocycles. The van der Waals surface area contributed by atoms with Crippen molar-refractivity contribution in [3.63, 3.8) is 0 Å². The highest BCUT2D eigenvalue weighted by atomic mass is 16.5. The van der Waals surface area contributed by atoms with Gasteiger partial charge in [-0.25, -0.2) is 0 Å². The van der Waals surface area contributed by atoms with E-state index in [1.165, 1.54) is 5.56 Å². The highest BCUT2D eigenvalue weighted by Crippen LogP contribution is 2.54. The molecular weight excluding hydrogens is 264 g/mol. The summed E-state index contributed by atoms with van der Waals surface area (Å²) >= 11 is 0. The molecule has 2 atom stereocenters. The van der Waals surface area contributed by atoms with Crippen LogP contribution in [0.4, 0.5) is 0 Å². The predicted molar refractivity (Wildman–Crippen MR) is 81.4 cm³/mol. The fourth-order valence-corrected chi connectivity index (χ4v) is 3.01. The summed E-state index contributed by atoms with van der Waals surface area (Å²) in [7, 11) is 0. The Morgan fingerprint density at radius 3 is 2.71 bits per heavy atom. The number of nitrogens with zero attached hydrogens (tertiary/aromatic N) is 2. The highest BCUT2D eigenvalue weighted by Gasteiger charge is 2.55. The molecule has 4 nitrogen and oxygen atoms in total. The van der Waals surface area contributed by atoms with E-state index >= 15 is 0 Å². The topological polar surface area (TPSA) is 47.3 Å². The zero-order valence-electron chi connectivity index (χ0n) is 12.6. The van der Waals surface area contributed by atoms with Crippen molar-refractivity contribution in [2.75, 3.05) is 13.2 Å². The van der Waals surface area contributed by atoms with Gasteiger partial charge in [-0.15, -0.1) is 0 Å². The van der Waals surface area contributed by atoms with Crippen molar-refractivity contribution in [1.82, 2.24) is 9.78 Å². The molecule has 0 bridgehead atoms. The minimum atomic E-state index is -0.0449. The second-order valence-corrected chi connectivity index (χ2v) is 5.83. The Bertz CT molecular complexity index is 609. The number of benzene rings is 1. The first kappa shape index (κ1) is 14.1. The SMILES string of the molecule is CCn1cc(OC[C@@]2(c3ccccc3)C[C@H]2CO)c(C)n1. The third kappa shape index (κ3) is 2.56. The van der Waals surface area contributed by atoms with Crippen molar-refractivity contribution in [3.8, 4) is 5.75 Å². The number of hydrogen-bond acceptors (Lipinski definition) is 3. The van der Waals surface area contributed by atoms with Crippen LogP contribution in [0.5, 0.6) is 5.75 Å². The first-order valence-corrected chi connectivity index (χ1v) is 7.53. The molecule has 112 valence electrons. The van der Waals surface area contributed by atoms with Crippen LogP contribution in [0.3, 0.4) is 0 Å². The van der Waals surface area contributed by atoms with Gasteiger partial charge in [0.05, 0.1) is 12.8 Å². The Morgan fingerprint density at radius 1 is 1.38 bits per heavy atom. The Balaban J connectivity index is 1.77. The fourth-order valence-electron chi connectivity index (χ4n) is 3.01. The number of aliphatic hydroxyl groups excluding tert-OH is 1. The maximum Gasteiger partial charge on any atom is 0.160 e. The molecule has 0 radical (unpaired) electrons. The zero-order chi connectivity index (χ0) is 14.9. The van der Waals surface area contributed by atoms with Gasteiger partial charge in [0.2, 0.25) is 0 Å². The van der Waals surface area contributed by atoms with Crippen LogP contribution in [-0.2, 0) is 12.0 Å². The van der Waals surface area contributed by atoms with Crippen molar-refractivity contribution in [1.29, 1.82) is 0 Å². The normalized spacial score (nSPS) is 24.0. The lowest BCUT2D eigenvalue weighted by Crippen LogP contribution is -2.21. The third-order valence-corrected chi connectivity index (χ3v) is 4.51. The molecule has 0 saturated heterocycles. The molecular formula is C17H22N2O2. The number of aromatic nitrogens is 2. The van der Waals surface area contributed by atoms with Crippen LogP contribution in [0.15, 0.2) is 36.5 Å². The van der Waals surface area contributed by atoms with Gasteiger partial charge >= 0.3 is 0 Å². The molecule has 1 saturated carbocycles. The summed E-state index contributed by atoms with van der Waals surface area (Å²) in [4.78, 5) is 0. The molecule has 2 aromatic rings. The van der Waals surface area contributed by atoms with Gasteiger partial charge in [-0.3, -0.25) is 4.68 Å². The van der Waals surface area contributed by atoms with Crippen molar-refractivity contribution < 1.29 is 9.84 Å². The summed E-state index contributed by atoms with van der Waals surface area (Å²) in [5.74, 6) is 1.14. The Labute approximate surface area is 125 Å². The summed E-state index contributed by atoms with van der Waals surface area (Å²) in [6.07, 6.45) is 2.93. The molecule has 1 N–H and O–H groups in total. The molecule has 1 aromatic carbocycles. The lowest BCUT2D eigenvalue weighted by atomic mass is 9.94. The summed E-state index contributed by atoms with van der Waals surface area (Å²) < 4.78 is 7.92. The summed E-state index contributed by atoms with van der Waals surface area (Å²) in [6.45, 7) is 5.68. The van der Waals surface area contributed by atoms with Crippen molar-refractivity contribution in [3.05, 3.63) is 47.8 Å². The summed E-state index contributed by atoms with van der Waals surface area (Å²) in [5, 5.41) is 13.9. The standard InChI is InChI=1S/C17H22N2O2/c1-3-19-10-16(13(2)18-19)21-12-17(9-15(17)11-20)14-7-5-4-6-8-14/h4-8,10,15,20H,3,9,11-12H2,1-2H3/t15-,17+/m0/s1. The Hall–Kier alpha value is -1.81. The molecule has 0 aliphatic heterocycles. The van der Waals surface area contributed by atoms with Crippen molar-refractivity contribution in [2.24, 2.45) is 5.92 Å². The lowest BCUT2D eigenvalue weighted by Gasteiger charge is -2.18. The molecule has 1 aliphatic carbocycles. The molecule has 21 heavy (non-hydrogen) atoms. The average Bonchev–Trinajstić information content (AvgIpc) is 3.14. The van der Waals surface area contributed by atoms with Gasteiger partial charge in [0.25, 0.3) is 0 Å². The second kappa shape index (κ2) is 5.53. The van der Waals surface area contributed by atoms with Crippen LogP contribution in [0, 0.1) is 12.8 Å².